The van der Waals surface area contributed by atoms with Gasteiger partial charge in [0, 0.05) is 0 Å². The van der Waals surface area contributed by atoms with E-state index in [4.69, 9.17) is 0 Å². The van der Waals surface area contributed by atoms with Crippen LogP contribution in [0.2, 0.25) is 0 Å². The molecule has 2 heteroatoms. The summed E-state index contributed by atoms with van der Waals surface area (Å²) in [5.74, 6) is 0. The van der Waals surface area contributed by atoms with Crippen LogP contribution < -0.4 is 37.7 Å². The summed E-state index contributed by atoms with van der Waals surface area (Å²) < 4.78 is 0. The minimum Gasteiger partial charge on any atom is -1.00 e. The topological polar surface area (TPSA) is 0 Å². The summed E-state index contributed by atoms with van der Waals surface area (Å²) in [7, 11) is 0. The van der Waals surface area contributed by atoms with Crippen molar-refractivity contribution < 1.29 is 40.6 Å². The molecule has 0 aliphatic heterocycles. The van der Waals surface area contributed by atoms with Gasteiger partial charge in [-0.1, -0.05) is 26.7 Å². The predicted octanol–water partition coefficient (Wildman–Crippen LogP) is -3.96. The molecule has 0 bridgehead atoms. The number of unbranched alkanes of at least 4 members (excludes halogenated alkanes) is 1. The van der Waals surface area contributed by atoms with Crippen LogP contribution in [-0.4, -0.2) is 0 Å². The monoisotopic (exact) mass is 74.1 g/mol. The summed E-state index contributed by atoms with van der Waals surface area (Å²) in [6, 6.07) is 0. The summed E-state index contributed by atoms with van der Waals surface area (Å²) in [5.41, 5.74) is 0. The SMILES string of the molecule is CCCC.[H-].[H-].[Li+].[Li+]. The zero-order valence-corrected chi connectivity index (χ0v) is 5.41. The van der Waals surface area contributed by atoms with E-state index in [0.29, 0.717) is 0 Å². The maximum atomic E-state index is 2.18. The van der Waals surface area contributed by atoms with E-state index in [1.54, 1.807) is 0 Å². The van der Waals surface area contributed by atoms with Gasteiger partial charge in [0.15, 0.2) is 0 Å². The quantitative estimate of drug-likeness (QED) is 0.278. The Hall–Kier alpha value is 1.19. The van der Waals surface area contributed by atoms with Crippen LogP contribution in [0.5, 0.6) is 0 Å². The van der Waals surface area contributed by atoms with Crippen LogP contribution in [0.4, 0.5) is 0 Å². The summed E-state index contributed by atoms with van der Waals surface area (Å²) >= 11 is 0. The molecule has 0 saturated carbocycles. The van der Waals surface area contributed by atoms with Crippen molar-refractivity contribution in [1.29, 1.82) is 0 Å². The number of hydrogen-bond donors (Lipinski definition) is 0. The van der Waals surface area contributed by atoms with Gasteiger partial charge in [-0.3, -0.25) is 0 Å². The van der Waals surface area contributed by atoms with Crippen molar-refractivity contribution in [2.75, 3.05) is 0 Å². The average molecular weight is 74.0 g/mol. The summed E-state index contributed by atoms with van der Waals surface area (Å²) in [6.07, 6.45) is 2.64. The van der Waals surface area contributed by atoms with Gasteiger partial charge in [-0.2, -0.15) is 0 Å². The van der Waals surface area contributed by atoms with Gasteiger partial charge in [0.1, 0.15) is 0 Å². The largest absolute Gasteiger partial charge is 1.00 e. The molecule has 0 N–H and O–H groups in total. The van der Waals surface area contributed by atoms with Gasteiger partial charge in [0.25, 0.3) is 0 Å². The molecule has 0 atom stereocenters. The van der Waals surface area contributed by atoms with Gasteiger partial charge >= 0.3 is 37.7 Å². The van der Waals surface area contributed by atoms with Crippen molar-refractivity contribution in [3.63, 3.8) is 0 Å². The molecule has 0 fully saturated rings. The van der Waals surface area contributed by atoms with Crippen molar-refractivity contribution in [2.24, 2.45) is 0 Å². The molecule has 0 amide bonds. The van der Waals surface area contributed by atoms with Crippen molar-refractivity contribution in [3.8, 4) is 0 Å². The molecule has 0 rings (SSSR count). The predicted molar refractivity (Wildman–Crippen MR) is 22.8 cm³/mol. The molecular weight excluding hydrogens is 61.9 g/mol. The van der Waals surface area contributed by atoms with Crippen LogP contribution in [0.3, 0.4) is 0 Å². The molecule has 0 spiro atoms. The van der Waals surface area contributed by atoms with E-state index >= 15 is 0 Å². The van der Waals surface area contributed by atoms with Gasteiger partial charge < -0.3 is 2.85 Å². The van der Waals surface area contributed by atoms with E-state index in [2.05, 4.69) is 13.8 Å². The molecule has 0 aliphatic carbocycles. The first-order valence-corrected chi connectivity index (χ1v) is 1.91. The molecule has 30 valence electrons. The van der Waals surface area contributed by atoms with Gasteiger partial charge in [-0.05, 0) is 0 Å². The maximum Gasteiger partial charge on any atom is 1.00 e. The summed E-state index contributed by atoms with van der Waals surface area (Å²) in [6.45, 7) is 4.36. The van der Waals surface area contributed by atoms with Crippen molar-refractivity contribution in [1.82, 2.24) is 0 Å². The molecule has 0 unspecified atom stereocenters. The third kappa shape index (κ3) is 19.0. The molecule has 0 aliphatic rings. The third-order valence-electron chi connectivity index (χ3n) is 0.500. The van der Waals surface area contributed by atoms with Gasteiger partial charge in [-0.15, -0.1) is 0 Å². The van der Waals surface area contributed by atoms with Crippen LogP contribution in [-0.2, 0) is 0 Å². The van der Waals surface area contributed by atoms with E-state index < -0.39 is 0 Å². The van der Waals surface area contributed by atoms with E-state index in [9.17, 15) is 0 Å². The van der Waals surface area contributed by atoms with Gasteiger partial charge in [0.2, 0.25) is 0 Å². The first-order valence-electron chi connectivity index (χ1n) is 1.91. The summed E-state index contributed by atoms with van der Waals surface area (Å²) in [4.78, 5) is 0. The van der Waals surface area contributed by atoms with Crippen molar-refractivity contribution >= 4 is 0 Å². The molecule has 0 aromatic heterocycles. The Morgan fingerprint density at radius 3 is 1.17 bits per heavy atom. The fourth-order valence-electron chi connectivity index (χ4n) is 0. The van der Waals surface area contributed by atoms with Crippen LogP contribution in [0.15, 0.2) is 0 Å². The molecule has 0 radical (unpaired) electrons. The standard InChI is InChI=1S/C4H10.2Li.2H/c1-3-4-2;;;;/h3-4H2,1-2H3;;;;/q;2*+1;2*-1. The van der Waals surface area contributed by atoms with E-state index in [-0.39, 0.29) is 40.6 Å². The van der Waals surface area contributed by atoms with Gasteiger partial charge in [-0.25, -0.2) is 0 Å². The number of rotatable bonds is 1. The Morgan fingerprint density at radius 1 is 1.00 bits per heavy atom. The molecule has 0 saturated heterocycles. The molecule has 6 heavy (non-hydrogen) atoms. The van der Waals surface area contributed by atoms with E-state index in [1.807, 2.05) is 0 Å². The van der Waals surface area contributed by atoms with Crippen LogP contribution in [0.1, 0.15) is 29.5 Å². The van der Waals surface area contributed by atoms with Gasteiger partial charge in [0.05, 0.1) is 0 Å². The Kier molecular flexibility index (Phi) is 42.8. The van der Waals surface area contributed by atoms with E-state index in [1.165, 1.54) is 12.8 Å². The second-order valence-corrected chi connectivity index (χ2v) is 1.000. The van der Waals surface area contributed by atoms with Crippen LogP contribution in [0, 0.1) is 0 Å². The molecule has 0 nitrogen and oxygen atoms in total. The van der Waals surface area contributed by atoms with Crippen molar-refractivity contribution in [2.45, 2.75) is 26.7 Å². The first-order chi connectivity index (χ1) is 1.91. The minimum atomic E-state index is 0. The second kappa shape index (κ2) is 16.4. The fourth-order valence-corrected chi connectivity index (χ4v) is 0. The molecule has 0 aromatic rings. The Morgan fingerprint density at radius 2 is 1.17 bits per heavy atom. The average Bonchev–Trinajstić information content (AvgIpc) is 1.37. The second-order valence-electron chi connectivity index (χ2n) is 1.000. The zero-order chi connectivity index (χ0) is 3.41. The maximum absolute atomic E-state index is 2.18. The smallest absolute Gasteiger partial charge is 1.00 e. The van der Waals surface area contributed by atoms with Crippen LogP contribution >= 0.6 is 0 Å². The Balaban J connectivity index is -0.00000000750. The normalized spacial score (nSPS) is 5.00. The van der Waals surface area contributed by atoms with Crippen molar-refractivity contribution in [3.05, 3.63) is 0 Å². The minimum absolute atomic E-state index is 0. The van der Waals surface area contributed by atoms with Crippen LogP contribution in [0.25, 0.3) is 0 Å². The Labute approximate surface area is 67.4 Å². The molecule has 0 aromatic carbocycles. The van der Waals surface area contributed by atoms with E-state index in [0.717, 1.165) is 0 Å². The Bertz CT molecular complexity index is 14.0. The first kappa shape index (κ1) is 15.7. The third-order valence-corrected chi connectivity index (χ3v) is 0.500. The number of hydrogen-bond acceptors (Lipinski definition) is 0. The zero-order valence-electron chi connectivity index (χ0n) is 7.41. The summed E-state index contributed by atoms with van der Waals surface area (Å²) in [5, 5.41) is 0. The molecular formula is C4H12Li2. The molecule has 0 heterocycles. The fraction of sp³-hybridized carbons (Fsp3) is 1.00.